The third-order valence-corrected chi connectivity index (χ3v) is 4.02. The molecule has 0 radical (unpaired) electrons. The molecule has 0 saturated heterocycles. The lowest BCUT2D eigenvalue weighted by atomic mass is 9.97. The summed E-state index contributed by atoms with van der Waals surface area (Å²) < 4.78 is 13.2. The van der Waals surface area contributed by atoms with E-state index in [4.69, 9.17) is 5.26 Å². The smallest absolute Gasteiger partial charge is 0.161 e. The number of thioether (sulfide) groups is 1. The highest BCUT2D eigenvalue weighted by Gasteiger charge is 2.23. The largest absolute Gasteiger partial charge is 0.335 e. The summed E-state index contributed by atoms with van der Waals surface area (Å²) in [5, 5.41) is 12.7. The minimum absolute atomic E-state index is 0.0433. The molecule has 5 heteroatoms. The van der Waals surface area contributed by atoms with Crippen LogP contribution in [0.25, 0.3) is 0 Å². The summed E-state index contributed by atoms with van der Waals surface area (Å²) in [6.07, 6.45) is 0. The molecule has 1 aromatic rings. The van der Waals surface area contributed by atoms with Gasteiger partial charge in [-0.3, -0.25) is 4.99 Å². The van der Waals surface area contributed by atoms with E-state index in [0.717, 1.165) is 17.5 Å². The van der Waals surface area contributed by atoms with Crippen LogP contribution in [0.4, 0.5) is 10.1 Å². The molecule has 0 aliphatic carbocycles. The molecule has 1 aliphatic rings. The summed E-state index contributed by atoms with van der Waals surface area (Å²) in [5.74, 6) is 0.493. The van der Waals surface area contributed by atoms with E-state index in [0.29, 0.717) is 5.69 Å². The Bertz CT molecular complexity index is 532. The van der Waals surface area contributed by atoms with Crippen molar-refractivity contribution in [3.63, 3.8) is 0 Å². The molecule has 0 bridgehead atoms. The Kier molecular flexibility index (Phi) is 3.58. The fourth-order valence-corrected chi connectivity index (χ4v) is 2.49. The normalized spacial score (nSPS) is 17.8. The summed E-state index contributed by atoms with van der Waals surface area (Å²) in [7, 11) is 0. The van der Waals surface area contributed by atoms with Crippen molar-refractivity contribution in [3.05, 3.63) is 29.6 Å². The van der Waals surface area contributed by atoms with Crippen molar-refractivity contribution in [3.8, 4) is 6.07 Å². The first-order valence-corrected chi connectivity index (χ1v) is 6.63. The van der Waals surface area contributed by atoms with Gasteiger partial charge >= 0.3 is 0 Å². The van der Waals surface area contributed by atoms with E-state index >= 15 is 0 Å². The monoisotopic (exact) mass is 263 g/mol. The number of hydrogen-bond donors (Lipinski definition) is 1. The number of hydrogen-bond acceptors (Lipinski definition) is 4. The van der Waals surface area contributed by atoms with Gasteiger partial charge in [0.05, 0.1) is 5.56 Å². The maximum absolute atomic E-state index is 13.2. The Morgan fingerprint density at radius 3 is 2.89 bits per heavy atom. The van der Waals surface area contributed by atoms with Crippen LogP contribution < -0.4 is 5.32 Å². The zero-order valence-corrected chi connectivity index (χ0v) is 11.1. The maximum Gasteiger partial charge on any atom is 0.161 e. The first kappa shape index (κ1) is 12.9. The van der Waals surface area contributed by atoms with Crippen LogP contribution in [0.1, 0.15) is 19.4 Å². The van der Waals surface area contributed by atoms with E-state index in [1.807, 2.05) is 6.07 Å². The number of nitrogens with zero attached hydrogens (tertiary/aromatic N) is 2. The second kappa shape index (κ2) is 4.99. The quantitative estimate of drug-likeness (QED) is 0.846. The SMILES string of the molecule is CC1(C)CN=C(Nc2ccc(F)c(C#N)c2)SC1. The second-order valence-electron chi connectivity index (χ2n) is 5.01. The van der Waals surface area contributed by atoms with E-state index < -0.39 is 5.82 Å². The molecule has 1 N–H and O–H groups in total. The van der Waals surface area contributed by atoms with Crippen LogP contribution in [0.3, 0.4) is 0 Å². The average molecular weight is 263 g/mol. The highest BCUT2D eigenvalue weighted by Crippen LogP contribution is 2.28. The Hall–Kier alpha value is -1.54. The number of anilines is 1. The van der Waals surface area contributed by atoms with E-state index in [1.165, 1.54) is 12.1 Å². The number of aliphatic imine (C=N–C) groups is 1. The number of nitrogens with one attached hydrogen (secondary N) is 1. The number of rotatable bonds is 1. The van der Waals surface area contributed by atoms with Gasteiger partial charge < -0.3 is 5.32 Å². The van der Waals surface area contributed by atoms with E-state index in [1.54, 1.807) is 17.8 Å². The Morgan fingerprint density at radius 1 is 1.50 bits per heavy atom. The van der Waals surface area contributed by atoms with Crippen molar-refractivity contribution in [2.45, 2.75) is 13.8 Å². The van der Waals surface area contributed by atoms with Crippen molar-refractivity contribution in [2.24, 2.45) is 10.4 Å². The minimum Gasteiger partial charge on any atom is -0.335 e. The van der Waals surface area contributed by atoms with Gasteiger partial charge in [-0.05, 0) is 23.6 Å². The molecule has 1 aromatic carbocycles. The molecular formula is C13H14FN3S. The molecule has 0 saturated carbocycles. The molecule has 1 heterocycles. The third kappa shape index (κ3) is 3.02. The summed E-state index contributed by atoms with van der Waals surface area (Å²) in [4.78, 5) is 4.45. The first-order chi connectivity index (χ1) is 8.50. The zero-order chi connectivity index (χ0) is 13.2. The van der Waals surface area contributed by atoms with Crippen molar-refractivity contribution in [1.82, 2.24) is 0 Å². The highest BCUT2D eigenvalue weighted by molar-refractivity contribution is 8.14. The zero-order valence-electron chi connectivity index (χ0n) is 10.3. The molecular weight excluding hydrogens is 249 g/mol. The van der Waals surface area contributed by atoms with Crippen molar-refractivity contribution in [1.29, 1.82) is 5.26 Å². The lowest BCUT2D eigenvalue weighted by Gasteiger charge is -2.27. The van der Waals surface area contributed by atoms with Gasteiger partial charge in [0.1, 0.15) is 11.9 Å². The maximum atomic E-state index is 13.2. The standard InChI is InChI=1S/C13H14FN3S/c1-13(2)7-16-12(18-8-13)17-10-3-4-11(14)9(5-10)6-15/h3-5H,7-8H2,1-2H3,(H,16,17). The summed E-state index contributed by atoms with van der Waals surface area (Å²) in [6.45, 7) is 5.12. The van der Waals surface area contributed by atoms with Crippen LogP contribution in [-0.2, 0) is 0 Å². The number of nitriles is 1. The van der Waals surface area contributed by atoms with Crippen LogP contribution in [0.5, 0.6) is 0 Å². The molecule has 0 amide bonds. The van der Waals surface area contributed by atoms with Gasteiger partial charge in [0, 0.05) is 18.0 Å². The molecule has 0 unspecified atom stereocenters. The molecule has 1 aliphatic heterocycles. The predicted molar refractivity (Wildman–Crippen MR) is 73.3 cm³/mol. The lowest BCUT2D eigenvalue weighted by Crippen LogP contribution is -2.27. The fourth-order valence-electron chi connectivity index (χ4n) is 1.53. The van der Waals surface area contributed by atoms with Crippen LogP contribution in [0, 0.1) is 22.6 Å². The summed E-state index contributed by atoms with van der Waals surface area (Å²) in [6, 6.07) is 6.22. The molecule has 94 valence electrons. The van der Waals surface area contributed by atoms with Gasteiger partial charge in [-0.2, -0.15) is 5.26 Å². The predicted octanol–water partition coefficient (Wildman–Crippen LogP) is 3.24. The molecule has 0 spiro atoms. The number of amidine groups is 1. The van der Waals surface area contributed by atoms with Gasteiger partial charge in [-0.1, -0.05) is 25.6 Å². The third-order valence-electron chi connectivity index (χ3n) is 2.59. The van der Waals surface area contributed by atoms with Crippen molar-refractivity contribution < 1.29 is 4.39 Å². The molecule has 0 aromatic heterocycles. The molecule has 0 fully saturated rings. The Balaban J connectivity index is 2.12. The number of benzene rings is 1. The van der Waals surface area contributed by atoms with Crippen molar-refractivity contribution >= 4 is 22.6 Å². The fraction of sp³-hybridized carbons (Fsp3) is 0.385. The highest BCUT2D eigenvalue weighted by atomic mass is 32.2. The van der Waals surface area contributed by atoms with Gasteiger partial charge in [0.2, 0.25) is 0 Å². The van der Waals surface area contributed by atoms with Gasteiger partial charge in [0.25, 0.3) is 0 Å². The average Bonchev–Trinajstić information content (AvgIpc) is 2.34. The van der Waals surface area contributed by atoms with E-state index in [-0.39, 0.29) is 11.0 Å². The number of halogens is 1. The van der Waals surface area contributed by atoms with Gasteiger partial charge in [-0.15, -0.1) is 0 Å². The summed E-state index contributed by atoms with van der Waals surface area (Å²) >= 11 is 1.64. The van der Waals surface area contributed by atoms with Gasteiger partial charge in [-0.25, -0.2) is 4.39 Å². The summed E-state index contributed by atoms with van der Waals surface area (Å²) in [5.41, 5.74) is 0.955. The lowest BCUT2D eigenvalue weighted by molar-refractivity contribution is 0.438. The van der Waals surface area contributed by atoms with Crippen LogP contribution in [0.2, 0.25) is 0 Å². The topological polar surface area (TPSA) is 48.2 Å². The Labute approximate surface area is 110 Å². The van der Waals surface area contributed by atoms with Crippen LogP contribution >= 0.6 is 11.8 Å². The molecule has 18 heavy (non-hydrogen) atoms. The first-order valence-electron chi connectivity index (χ1n) is 5.64. The Morgan fingerprint density at radius 2 is 2.28 bits per heavy atom. The van der Waals surface area contributed by atoms with Crippen molar-refractivity contribution in [2.75, 3.05) is 17.6 Å². The minimum atomic E-state index is -0.498. The van der Waals surface area contributed by atoms with Crippen LogP contribution in [-0.4, -0.2) is 17.5 Å². The molecule has 0 atom stereocenters. The van der Waals surface area contributed by atoms with Crippen LogP contribution in [0.15, 0.2) is 23.2 Å². The van der Waals surface area contributed by atoms with E-state index in [9.17, 15) is 4.39 Å². The second-order valence-corrected chi connectivity index (χ2v) is 5.97. The molecule has 2 rings (SSSR count). The molecule has 3 nitrogen and oxygen atoms in total. The van der Waals surface area contributed by atoms with E-state index in [2.05, 4.69) is 24.2 Å². The van der Waals surface area contributed by atoms with Gasteiger partial charge in [0.15, 0.2) is 5.17 Å².